The standard InChI is InChI=1S/C15H23N5O3S2/c16-13-12-14(18-8-17-13)20(11-6-9(22)10(7-21)23-11)15(19-12)25-5-3-1-2-4-24/h8-11,21-22,24H,1-7H2,(H2,16,17,18)/t9-,10+,11?/m0/s1. The van der Waals surface area contributed by atoms with Crippen molar-refractivity contribution in [2.24, 2.45) is 0 Å². The van der Waals surface area contributed by atoms with Crippen LogP contribution in [0.25, 0.3) is 11.2 Å². The molecule has 0 aromatic carbocycles. The van der Waals surface area contributed by atoms with Crippen molar-refractivity contribution in [3.8, 4) is 0 Å². The number of fused-ring (bicyclic) bond motifs is 1. The molecule has 3 heterocycles. The van der Waals surface area contributed by atoms with E-state index in [1.165, 1.54) is 6.33 Å². The number of thioether (sulfide) groups is 1. The van der Waals surface area contributed by atoms with E-state index in [1.807, 2.05) is 4.57 Å². The van der Waals surface area contributed by atoms with Crippen molar-refractivity contribution in [3.63, 3.8) is 0 Å². The SMILES string of the molecule is Nc1ncnc2c1nc(SCCCCCS)n2C1C[C@H](O)[C@@H](CO)O1. The lowest BCUT2D eigenvalue weighted by molar-refractivity contribution is -0.0457. The minimum absolute atomic E-state index is 0.229. The smallest absolute Gasteiger partial charge is 0.172 e. The molecule has 1 aliphatic heterocycles. The van der Waals surface area contributed by atoms with Gasteiger partial charge in [-0.25, -0.2) is 15.0 Å². The van der Waals surface area contributed by atoms with E-state index in [4.69, 9.17) is 10.5 Å². The third-order valence-electron chi connectivity index (χ3n) is 4.18. The number of rotatable bonds is 8. The van der Waals surface area contributed by atoms with Crippen molar-refractivity contribution in [2.45, 2.75) is 49.3 Å². The molecule has 0 amide bonds. The van der Waals surface area contributed by atoms with Crippen molar-refractivity contribution < 1.29 is 14.9 Å². The van der Waals surface area contributed by atoms with Gasteiger partial charge in [0.15, 0.2) is 22.1 Å². The number of aliphatic hydroxyl groups is 2. The number of unbranched alkanes of at least 4 members (excludes halogenated alkanes) is 2. The van der Waals surface area contributed by atoms with Crippen molar-refractivity contribution in [2.75, 3.05) is 23.8 Å². The maximum Gasteiger partial charge on any atom is 0.172 e. The molecule has 0 aliphatic carbocycles. The first-order valence-corrected chi connectivity index (χ1v) is 9.94. The second-order valence-electron chi connectivity index (χ2n) is 5.94. The normalized spacial score (nSPS) is 23.6. The molecule has 1 aliphatic rings. The van der Waals surface area contributed by atoms with Gasteiger partial charge in [0, 0.05) is 12.2 Å². The Hall–Kier alpha value is -1.07. The van der Waals surface area contributed by atoms with Crippen LogP contribution in [0.3, 0.4) is 0 Å². The second kappa shape index (κ2) is 8.54. The van der Waals surface area contributed by atoms with Gasteiger partial charge in [-0.15, -0.1) is 0 Å². The van der Waals surface area contributed by atoms with Crippen molar-refractivity contribution in [3.05, 3.63) is 6.33 Å². The van der Waals surface area contributed by atoms with Gasteiger partial charge in [0.2, 0.25) is 0 Å². The van der Waals surface area contributed by atoms with E-state index in [0.717, 1.165) is 35.9 Å². The molecular formula is C15H23N5O3S2. The van der Waals surface area contributed by atoms with Crippen LogP contribution in [0.15, 0.2) is 11.5 Å². The van der Waals surface area contributed by atoms with Gasteiger partial charge in [-0.1, -0.05) is 18.2 Å². The Labute approximate surface area is 155 Å². The minimum Gasteiger partial charge on any atom is -0.394 e. The summed E-state index contributed by atoms with van der Waals surface area (Å²) in [5, 5.41) is 20.1. The molecule has 4 N–H and O–H groups in total. The summed E-state index contributed by atoms with van der Waals surface area (Å²) >= 11 is 5.83. The number of anilines is 1. The lowest BCUT2D eigenvalue weighted by Crippen LogP contribution is -2.24. The average Bonchev–Trinajstić information content (AvgIpc) is 3.15. The topological polar surface area (TPSA) is 119 Å². The molecule has 10 heteroatoms. The molecule has 0 bridgehead atoms. The Kier molecular flexibility index (Phi) is 6.39. The number of aromatic nitrogens is 4. The summed E-state index contributed by atoms with van der Waals surface area (Å²) < 4.78 is 7.66. The monoisotopic (exact) mass is 385 g/mol. The Morgan fingerprint density at radius 2 is 2.20 bits per heavy atom. The van der Waals surface area contributed by atoms with E-state index in [2.05, 4.69) is 27.6 Å². The third kappa shape index (κ3) is 4.03. The van der Waals surface area contributed by atoms with E-state index in [0.29, 0.717) is 23.4 Å². The van der Waals surface area contributed by atoms with E-state index >= 15 is 0 Å². The molecule has 1 unspecified atom stereocenters. The number of nitrogens with zero attached hydrogens (tertiary/aromatic N) is 4. The molecule has 1 fully saturated rings. The number of imidazole rings is 1. The molecule has 138 valence electrons. The average molecular weight is 386 g/mol. The van der Waals surface area contributed by atoms with Gasteiger partial charge in [0.25, 0.3) is 0 Å². The number of thiol groups is 1. The Morgan fingerprint density at radius 3 is 2.92 bits per heavy atom. The molecule has 8 nitrogen and oxygen atoms in total. The number of nitrogens with two attached hydrogens (primary N) is 1. The number of nitrogen functional groups attached to an aromatic ring is 1. The van der Waals surface area contributed by atoms with E-state index in [1.54, 1.807) is 11.8 Å². The van der Waals surface area contributed by atoms with Crippen LogP contribution in [-0.2, 0) is 4.74 Å². The largest absolute Gasteiger partial charge is 0.394 e. The molecule has 0 saturated carbocycles. The quantitative estimate of drug-likeness (QED) is 0.304. The predicted octanol–water partition coefficient (Wildman–Crippen LogP) is 1.24. The van der Waals surface area contributed by atoms with E-state index in [9.17, 15) is 10.2 Å². The van der Waals surface area contributed by atoms with Gasteiger partial charge in [0.1, 0.15) is 18.7 Å². The van der Waals surface area contributed by atoms with Crippen LogP contribution in [0.1, 0.15) is 31.9 Å². The maximum atomic E-state index is 10.1. The van der Waals surface area contributed by atoms with E-state index < -0.39 is 18.4 Å². The summed E-state index contributed by atoms with van der Waals surface area (Å²) in [5.41, 5.74) is 7.06. The third-order valence-corrected chi connectivity index (χ3v) is 5.53. The fourth-order valence-corrected chi connectivity index (χ4v) is 4.11. The summed E-state index contributed by atoms with van der Waals surface area (Å²) in [6.45, 7) is -0.229. The zero-order valence-electron chi connectivity index (χ0n) is 13.8. The van der Waals surface area contributed by atoms with Crippen LogP contribution in [-0.4, -0.2) is 60.1 Å². The summed E-state index contributed by atoms with van der Waals surface area (Å²) in [6.07, 6.45) is 3.27. The molecule has 0 spiro atoms. The number of hydrogen-bond donors (Lipinski definition) is 4. The Bertz CT molecular complexity index is 714. The highest BCUT2D eigenvalue weighted by molar-refractivity contribution is 7.99. The second-order valence-corrected chi connectivity index (χ2v) is 7.45. The van der Waals surface area contributed by atoms with Gasteiger partial charge in [0.05, 0.1) is 12.7 Å². The number of aliphatic hydroxyl groups excluding tert-OH is 2. The zero-order chi connectivity index (χ0) is 17.8. The number of ether oxygens (including phenoxy) is 1. The Morgan fingerprint density at radius 1 is 1.36 bits per heavy atom. The molecule has 2 aromatic rings. The molecule has 0 radical (unpaired) electrons. The van der Waals surface area contributed by atoms with Crippen molar-refractivity contribution in [1.82, 2.24) is 19.5 Å². The van der Waals surface area contributed by atoms with Gasteiger partial charge < -0.3 is 20.7 Å². The Balaban J connectivity index is 1.86. The zero-order valence-corrected chi connectivity index (χ0v) is 15.5. The van der Waals surface area contributed by atoms with Gasteiger partial charge in [-0.05, 0) is 18.6 Å². The summed E-state index contributed by atoms with van der Waals surface area (Å²) in [6, 6.07) is 0. The molecule has 25 heavy (non-hydrogen) atoms. The number of hydrogen-bond acceptors (Lipinski definition) is 9. The van der Waals surface area contributed by atoms with Gasteiger partial charge >= 0.3 is 0 Å². The van der Waals surface area contributed by atoms with Crippen LogP contribution >= 0.6 is 24.4 Å². The highest BCUT2D eigenvalue weighted by atomic mass is 32.2. The first-order chi connectivity index (χ1) is 12.2. The molecule has 2 aromatic heterocycles. The summed E-state index contributed by atoms with van der Waals surface area (Å²) in [7, 11) is 0. The fourth-order valence-electron chi connectivity index (χ4n) is 2.86. The van der Waals surface area contributed by atoms with Crippen LogP contribution in [0.2, 0.25) is 0 Å². The highest BCUT2D eigenvalue weighted by Crippen LogP contribution is 2.36. The molecular weight excluding hydrogens is 362 g/mol. The predicted molar refractivity (Wildman–Crippen MR) is 99.8 cm³/mol. The van der Waals surface area contributed by atoms with Crippen LogP contribution in [0.5, 0.6) is 0 Å². The molecule has 3 atom stereocenters. The minimum atomic E-state index is -0.722. The summed E-state index contributed by atoms with van der Waals surface area (Å²) in [4.78, 5) is 12.9. The van der Waals surface area contributed by atoms with Crippen LogP contribution in [0.4, 0.5) is 5.82 Å². The van der Waals surface area contributed by atoms with Crippen molar-refractivity contribution >= 4 is 41.4 Å². The van der Waals surface area contributed by atoms with Crippen molar-refractivity contribution in [1.29, 1.82) is 0 Å². The van der Waals surface area contributed by atoms with Gasteiger partial charge in [-0.3, -0.25) is 4.57 Å². The highest BCUT2D eigenvalue weighted by Gasteiger charge is 2.36. The molecule has 1 saturated heterocycles. The first-order valence-electron chi connectivity index (χ1n) is 8.32. The van der Waals surface area contributed by atoms with Crippen LogP contribution < -0.4 is 5.73 Å². The molecule has 3 rings (SSSR count). The first kappa shape index (κ1) is 18.7. The lowest BCUT2D eigenvalue weighted by atomic mass is 10.2. The lowest BCUT2D eigenvalue weighted by Gasteiger charge is -2.16. The fraction of sp³-hybridized carbons (Fsp3) is 0.667. The summed E-state index contributed by atoms with van der Waals surface area (Å²) in [5.74, 6) is 2.12. The maximum absolute atomic E-state index is 10.1. The van der Waals surface area contributed by atoms with Gasteiger partial charge in [-0.2, -0.15) is 12.6 Å². The van der Waals surface area contributed by atoms with E-state index in [-0.39, 0.29) is 6.61 Å². The van der Waals surface area contributed by atoms with Crippen LogP contribution in [0, 0.1) is 0 Å².